The van der Waals surface area contributed by atoms with Crippen molar-refractivity contribution >= 4 is 41.0 Å². The van der Waals surface area contributed by atoms with Crippen LogP contribution in [0.5, 0.6) is 0 Å². The smallest absolute Gasteiger partial charge is 0.234 e. The molecule has 0 spiro atoms. The van der Waals surface area contributed by atoms with E-state index in [1.807, 2.05) is 6.92 Å². The van der Waals surface area contributed by atoms with Crippen molar-refractivity contribution in [3.8, 4) is 0 Å². The molecule has 0 unspecified atom stereocenters. The second-order valence-electron chi connectivity index (χ2n) is 5.56. The Morgan fingerprint density at radius 3 is 2.31 bits per heavy atom. The molecule has 0 saturated heterocycles. The molecule has 26 heavy (non-hydrogen) atoms. The molecule has 0 heterocycles. The van der Waals surface area contributed by atoms with Crippen molar-refractivity contribution in [3.05, 3.63) is 59.9 Å². The first-order valence-corrected chi connectivity index (χ1v) is 10.3. The third-order valence-corrected chi connectivity index (χ3v) is 5.25. The molecular formula is C19H21FN2O2S2. The molecule has 0 aliphatic heterocycles. The number of nitrogens with one attached hydrogen (secondary N) is 2. The van der Waals surface area contributed by atoms with Crippen LogP contribution in [0.1, 0.15) is 5.56 Å². The monoisotopic (exact) mass is 392 g/mol. The quantitative estimate of drug-likeness (QED) is 0.504. The van der Waals surface area contributed by atoms with Crippen LogP contribution in [0.2, 0.25) is 0 Å². The molecule has 0 aromatic heterocycles. The summed E-state index contributed by atoms with van der Waals surface area (Å²) in [5.41, 5.74) is 1.76. The van der Waals surface area contributed by atoms with Gasteiger partial charge in [0.2, 0.25) is 11.8 Å². The van der Waals surface area contributed by atoms with Crippen molar-refractivity contribution < 1.29 is 14.0 Å². The fourth-order valence-electron chi connectivity index (χ4n) is 2.01. The van der Waals surface area contributed by atoms with Gasteiger partial charge in [0.1, 0.15) is 5.82 Å². The number of carbonyl (C=O) groups excluding carboxylic acids is 2. The van der Waals surface area contributed by atoms with Gasteiger partial charge in [-0.3, -0.25) is 9.59 Å². The number of thioether (sulfide) groups is 2. The molecule has 2 rings (SSSR count). The summed E-state index contributed by atoms with van der Waals surface area (Å²) in [6.07, 6.45) is 0. The van der Waals surface area contributed by atoms with E-state index in [9.17, 15) is 14.0 Å². The molecule has 0 fully saturated rings. The molecule has 2 aromatic carbocycles. The SMILES string of the molecule is Cc1ccc(SCCNC(=O)CSCC(=O)Nc2ccc(F)cc2)cc1. The van der Waals surface area contributed by atoms with Gasteiger partial charge in [-0.2, -0.15) is 0 Å². The maximum atomic E-state index is 12.8. The average Bonchev–Trinajstić information content (AvgIpc) is 2.62. The zero-order valence-corrected chi connectivity index (χ0v) is 16.1. The van der Waals surface area contributed by atoms with Crippen LogP contribution >= 0.6 is 23.5 Å². The van der Waals surface area contributed by atoms with E-state index in [2.05, 4.69) is 34.9 Å². The van der Waals surface area contributed by atoms with Crippen LogP contribution < -0.4 is 10.6 Å². The molecule has 7 heteroatoms. The second kappa shape index (κ2) is 10.9. The number of aryl methyl sites for hydroxylation is 1. The molecule has 2 aromatic rings. The zero-order valence-electron chi connectivity index (χ0n) is 14.5. The van der Waals surface area contributed by atoms with Gasteiger partial charge in [-0.05, 0) is 43.3 Å². The normalized spacial score (nSPS) is 10.4. The highest BCUT2D eigenvalue weighted by Crippen LogP contribution is 2.17. The van der Waals surface area contributed by atoms with Crippen molar-refractivity contribution in [2.75, 3.05) is 29.1 Å². The molecule has 2 amide bonds. The number of benzene rings is 2. The lowest BCUT2D eigenvalue weighted by Gasteiger charge is -2.06. The Balaban J connectivity index is 1.54. The summed E-state index contributed by atoms with van der Waals surface area (Å²) in [7, 11) is 0. The number of rotatable bonds is 9. The summed E-state index contributed by atoms with van der Waals surface area (Å²) in [6.45, 7) is 2.63. The number of hydrogen-bond donors (Lipinski definition) is 2. The summed E-state index contributed by atoms with van der Waals surface area (Å²) >= 11 is 2.93. The van der Waals surface area contributed by atoms with E-state index in [-0.39, 0.29) is 29.1 Å². The van der Waals surface area contributed by atoms with E-state index < -0.39 is 0 Å². The third-order valence-electron chi connectivity index (χ3n) is 3.31. The van der Waals surface area contributed by atoms with Gasteiger partial charge in [-0.15, -0.1) is 23.5 Å². The first-order chi connectivity index (χ1) is 12.5. The molecule has 0 aliphatic rings. The van der Waals surface area contributed by atoms with Crippen molar-refractivity contribution in [2.24, 2.45) is 0 Å². The van der Waals surface area contributed by atoms with E-state index >= 15 is 0 Å². The Morgan fingerprint density at radius 1 is 0.962 bits per heavy atom. The van der Waals surface area contributed by atoms with Gasteiger partial charge in [-0.1, -0.05) is 17.7 Å². The number of anilines is 1. The van der Waals surface area contributed by atoms with Crippen molar-refractivity contribution in [1.29, 1.82) is 0 Å². The highest BCUT2D eigenvalue weighted by atomic mass is 32.2. The van der Waals surface area contributed by atoms with E-state index in [4.69, 9.17) is 0 Å². The summed E-state index contributed by atoms with van der Waals surface area (Å²) in [5.74, 6) is 0.535. The lowest BCUT2D eigenvalue weighted by molar-refractivity contribution is -0.118. The minimum atomic E-state index is -0.352. The maximum Gasteiger partial charge on any atom is 0.234 e. The topological polar surface area (TPSA) is 58.2 Å². The molecule has 0 radical (unpaired) electrons. The van der Waals surface area contributed by atoms with E-state index in [0.717, 1.165) is 5.75 Å². The Hall–Kier alpha value is -1.99. The highest BCUT2D eigenvalue weighted by Gasteiger charge is 2.06. The molecule has 0 saturated carbocycles. The first-order valence-electron chi connectivity index (χ1n) is 8.12. The summed E-state index contributed by atoms with van der Waals surface area (Å²) < 4.78 is 12.8. The van der Waals surface area contributed by atoms with Gasteiger partial charge >= 0.3 is 0 Å². The van der Waals surface area contributed by atoms with Gasteiger partial charge in [0, 0.05) is 22.9 Å². The minimum absolute atomic E-state index is 0.0888. The van der Waals surface area contributed by atoms with Gasteiger partial charge in [0.25, 0.3) is 0 Å². The Bertz CT molecular complexity index is 721. The third kappa shape index (κ3) is 7.93. The minimum Gasteiger partial charge on any atom is -0.355 e. The zero-order chi connectivity index (χ0) is 18.8. The highest BCUT2D eigenvalue weighted by molar-refractivity contribution is 8.00. The van der Waals surface area contributed by atoms with Crippen LogP contribution in [0.15, 0.2) is 53.4 Å². The second-order valence-corrected chi connectivity index (χ2v) is 7.71. The summed E-state index contributed by atoms with van der Waals surface area (Å²) in [4.78, 5) is 24.7. The Morgan fingerprint density at radius 2 is 1.62 bits per heavy atom. The molecule has 4 nitrogen and oxygen atoms in total. The van der Waals surface area contributed by atoms with Crippen LogP contribution in [-0.2, 0) is 9.59 Å². The predicted molar refractivity (Wildman–Crippen MR) is 107 cm³/mol. The van der Waals surface area contributed by atoms with Gasteiger partial charge in [0.05, 0.1) is 11.5 Å². The fourth-order valence-corrected chi connectivity index (χ4v) is 3.43. The van der Waals surface area contributed by atoms with Gasteiger partial charge in [-0.25, -0.2) is 4.39 Å². The van der Waals surface area contributed by atoms with Crippen molar-refractivity contribution in [1.82, 2.24) is 5.32 Å². The van der Waals surface area contributed by atoms with Crippen LogP contribution in [0.4, 0.5) is 10.1 Å². The number of halogens is 1. The molecule has 138 valence electrons. The Kier molecular flexibility index (Phi) is 8.50. The molecule has 0 bridgehead atoms. The maximum absolute atomic E-state index is 12.8. The van der Waals surface area contributed by atoms with Crippen LogP contribution in [0.25, 0.3) is 0 Å². The van der Waals surface area contributed by atoms with E-state index in [0.29, 0.717) is 12.2 Å². The standard InChI is InChI=1S/C19H21FN2O2S2/c1-14-2-8-17(9-3-14)26-11-10-21-18(23)12-25-13-19(24)22-16-6-4-15(20)5-7-16/h2-9H,10-13H2,1H3,(H,21,23)(H,22,24). The largest absolute Gasteiger partial charge is 0.355 e. The van der Waals surface area contributed by atoms with E-state index in [1.165, 1.54) is 46.5 Å². The van der Waals surface area contributed by atoms with Gasteiger partial charge in [0.15, 0.2) is 0 Å². The fraction of sp³-hybridized carbons (Fsp3) is 0.263. The summed E-state index contributed by atoms with van der Waals surface area (Å²) in [5, 5.41) is 5.50. The average molecular weight is 393 g/mol. The molecule has 0 aliphatic carbocycles. The molecule has 2 N–H and O–H groups in total. The first kappa shape index (κ1) is 20.3. The summed E-state index contributed by atoms with van der Waals surface area (Å²) in [6, 6.07) is 13.8. The lowest BCUT2D eigenvalue weighted by atomic mass is 10.2. The van der Waals surface area contributed by atoms with Crippen LogP contribution in [-0.4, -0.2) is 35.6 Å². The predicted octanol–water partition coefficient (Wildman–Crippen LogP) is 3.71. The van der Waals surface area contributed by atoms with Crippen molar-refractivity contribution in [3.63, 3.8) is 0 Å². The Labute approximate surface area is 161 Å². The number of carbonyl (C=O) groups is 2. The number of amides is 2. The van der Waals surface area contributed by atoms with Gasteiger partial charge < -0.3 is 10.6 Å². The van der Waals surface area contributed by atoms with Crippen LogP contribution in [0, 0.1) is 12.7 Å². The lowest BCUT2D eigenvalue weighted by Crippen LogP contribution is -2.28. The van der Waals surface area contributed by atoms with Crippen molar-refractivity contribution in [2.45, 2.75) is 11.8 Å². The van der Waals surface area contributed by atoms with E-state index in [1.54, 1.807) is 11.8 Å². The number of hydrogen-bond acceptors (Lipinski definition) is 4. The van der Waals surface area contributed by atoms with Crippen LogP contribution in [0.3, 0.4) is 0 Å². The molecular weight excluding hydrogens is 371 g/mol. The molecule has 0 atom stereocenters.